The number of benzene rings is 1. The van der Waals surface area contributed by atoms with Gasteiger partial charge in [0.2, 0.25) is 0 Å². The van der Waals surface area contributed by atoms with Gasteiger partial charge in [-0.3, -0.25) is 0 Å². The second-order valence-electron chi connectivity index (χ2n) is 4.31. The van der Waals surface area contributed by atoms with Crippen LogP contribution >= 0.6 is 22.9 Å². The zero-order chi connectivity index (χ0) is 13.4. The molecule has 0 aliphatic carbocycles. The third-order valence-electron chi connectivity index (χ3n) is 3.01. The molecule has 1 aromatic carbocycles. The van der Waals surface area contributed by atoms with E-state index in [4.69, 9.17) is 16.0 Å². The van der Waals surface area contributed by atoms with Crippen LogP contribution in [-0.4, -0.2) is 12.0 Å². The van der Waals surface area contributed by atoms with Crippen molar-refractivity contribution in [3.8, 4) is 0 Å². The van der Waals surface area contributed by atoms with Crippen molar-refractivity contribution in [1.82, 2.24) is 10.3 Å². The van der Waals surface area contributed by atoms with Crippen molar-refractivity contribution in [1.29, 1.82) is 0 Å². The van der Waals surface area contributed by atoms with Gasteiger partial charge in [0.15, 0.2) is 5.58 Å². The molecule has 0 bridgehead atoms. The lowest BCUT2D eigenvalue weighted by atomic mass is 10.2. The fraction of sp³-hybridized carbons (Fsp3) is 0.214. The van der Waals surface area contributed by atoms with E-state index in [1.807, 2.05) is 44.4 Å². The minimum Gasteiger partial charge on any atom is -0.457 e. The Morgan fingerprint density at radius 1 is 1.42 bits per heavy atom. The first-order valence-corrected chi connectivity index (χ1v) is 7.16. The number of aryl methyl sites for hydroxylation is 1. The number of thiazole rings is 1. The number of hydrogen-bond donors (Lipinski definition) is 1. The molecule has 0 saturated carbocycles. The van der Waals surface area contributed by atoms with Gasteiger partial charge in [-0.15, -0.1) is 11.3 Å². The molecule has 3 aromatic rings. The minimum atomic E-state index is 0.00895. The van der Waals surface area contributed by atoms with Gasteiger partial charge >= 0.3 is 0 Å². The number of fused-ring (bicyclic) bond motifs is 1. The summed E-state index contributed by atoms with van der Waals surface area (Å²) in [5.41, 5.74) is 0.737. The highest BCUT2D eigenvalue weighted by Gasteiger charge is 2.19. The summed E-state index contributed by atoms with van der Waals surface area (Å²) in [6.07, 6.45) is 1.88. The quantitative estimate of drug-likeness (QED) is 0.788. The lowest BCUT2D eigenvalue weighted by Gasteiger charge is -2.10. The van der Waals surface area contributed by atoms with E-state index in [1.165, 1.54) is 0 Å². The van der Waals surface area contributed by atoms with Crippen molar-refractivity contribution < 1.29 is 4.42 Å². The first kappa shape index (κ1) is 12.7. The normalized spacial score (nSPS) is 13.0. The van der Waals surface area contributed by atoms with E-state index in [0.29, 0.717) is 5.02 Å². The predicted molar refractivity (Wildman–Crippen MR) is 79.0 cm³/mol. The number of aromatic nitrogens is 1. The fourth-order valence-electron chi connectivity index (χ4n) is 2.13. The van der Waals surface area contributed by atoms with Crippen LogP contribution in [0.15, 0.2) is 34.9 Å². The maximum Gasteiger partial charge on any atom is 0.152 e. The Balaban J connectivity index is 2.09. The Labute approximate surface area is 120 Å². The maximum atomic E-state index is 6.14. The van der Waals surface area contributed by atoms with Crippen LogP contribution in [0.3, 0.4) is 0 Å². The summed E-state index contributed by atoms with van der Waals surface area (Å²) in [6.45, 7) is 2.00. The second kappa shape index (κ2) is 4.96. The summed E-state index contributed by atoms with van der Waals surface area (Å²) >= 11 is 7.81. The molecule has 2 heterocycles. The molecule has 0 amide bonds. The Morgan fingerprint density at radius 3 is 2.89 bits per heavy atom. The van der Waals surface area contributed by atoms with Crippen LogP contribution in [0.2, 0.25) is 5.02 Å². The number of furan rings is 1. The third kappa shape index (κ3) is 2.27. The van der Waals surface area contributed by atoms with Crippen molar-refractivity contribution in [3.05, 3.63) is 51.1 Å². The largest absolute Gasteiger partial charge is 0.457 e. The zero-order valence-electron chi connectivity index (χ0n) is 10.6. The molecule has 1 unspecified atom stereocenters. The third-order valence-corrected chi connectivity index (χ3v) is 4.29. The van der Waals surface area contributed by atoms with Crippen molar-refractivity contribution >= 4 is 33.9 Å². The highest BCUT2D eigenvalue weighted by Crippen LogP contribution is 2.33. The molecular weight excluding hydrogens is 280 g/mol. The molecule has 5 heteroatoms. The molecule has 0 aliphatic heterocycles. The lowest BCUT2D eigenvalue weighted by molar-refractivity contribution is 0.495. The molecule has 0 saturated heterocycles. The van der Waals surface area contributed by atoms with Crippen molar-refractivity contribution in [3.63, 3.8) is 0 Å². The van der Waals surface area contributed by atoms with Crippen LogP contribution in [0.4, 0.5) is 0 Å². The summed E-state index contributed by atoms with van der Waals surface area (Å²) in [7, 11) is 1.91. The number of rotatable bonds is 3. The maximum absolute atomic E-state index is 6.14. The molecule has 0 aliphatic rings. The van der Waals surface area contributed by atoms with Crippen LogP contribution in [0, 0.1) is 6.92 Å². The zero-order valence-corrected chi connectivity index (χ0v) is 12.2. The summed E-state index contributed by atoms with van der Waals surface area (Å²) in [6, 6.07) is 7.79. The molecule has 2 aromatic heterocycles. The molecule has 3 nitrogen and oxygen atoms in total. The molecule has 19 heavy (non-hydrogen) atoms. The van der Waals surface area contributed by atoms with Crippen molar-refractivity contribution in [2.75, 3.05) is 7.05 Å². The topological polar surface area (TPSA) is 38.1 Å². The summed E-state index contributed by atoms with van der Waals surface area (Å²) < 4.78 is 5.90. The van der Waals surface area contributed by atoms with Crippen molar-refractivity contribution in [2.24, 2.45) is 0 Å². The van der Waals surface area contributed by atoms with E-state index in [-0.39, 0.29) is 6.04 Å². The smallest absolute Gasteiger partial charge is 0.152 e. The van der Waals surface area contributed by atoms with Crippen LogP contribution in [0.5, 0.6) is 0 Å². The minimum absolute atomic E-state index is 0.00895. The lowest BCUT2D eigenvalue weighted by Crippen LogP contribution is -2.15. The number of nitrogens with one attached hydrogen (secondary N) is 1. The fourth-order valence-corrected chi connectivity index (χ4v) is 3.25. The Bertz CT molecular complexity index is 719. The van der Waals surface area contributed by atoms with Gasteiger partial charge in [-0.1, -0.05) is 23.7 Å². The van der Waals surface area contributed by atoms with Gasteiger partial charge in [-0.05, 0) is 26.1 Å². The predicted octanol–water partition coefficient (Wildman–Crippen LogP) is 4.16. The van der Waals surface area contributed by atoms with Crippen molar-refractivity contribution in [2.45, 2.75) is 13.0 Å². The Kier molecular flexibility index (Phi) is 3.31. The molecule has 1 N–H and O–H groups in total. The van der Waals surface area contributed by atoms with Gasteiger partial charge < -0.3 is 9.73 Å². The monoisotopic (exact) mass is 292 g/mol. The molecule has 0 radical (unpaired) electrons. The summed E-state index contributed by atoms with van der Waals surface area (Å²) in [4.78, 5) is 5.43. The van der Waals surface area contributed by atoms with Crippen LogP contribution < -0.4 is 5.32 Å². The first-order valence-electron chi connectivity index (χ1n) is 5.96. The number of halogens is 1. The molecule has 1 atom stereocenters. The molecular formula is C14H13ClN2OS. The number of para-hydroxylation sites is 1. The van der Waals surface area contributed by atoms with Gasteiger partial charge in [-0.25, -0.2) is 4.98 Å². The number of nitrogens with zero attached hydrogens (tertiary/aromatic N) is 1. The van der Waals surface area contributed by atoms with Gasteiger partial charge in [-0.2, -0.15) is 0 Å². The van der Waals surface area contributed by atoms with Gasteiger partial charge in [0.25, 0.3) is 0 Å². The molecule has 98 valence electrons. The van der Waals surface area contributed by atoms with Crippen LogP contribution in [-0.2, 0) is 0 Å². The highest BCUT2D eigenvalue weighted by molar-refractivity contribution is 7.11. The molecule has 3 rings (SSSR count). The van der Waals surface area contributed by atoms with Crippen LogP contribution in [0.1, 0.15) is 21.7 Å². The summed E-state index contributed by atoms with van der Waals surface area (Å²) in [5, 5.41) is 5.96. The van der Waals surface area contributed by atoms with E-state index >= 15 is 0 Å². The van der Waals surface area contributed by atoms with E-state index < -0.39 is 0 Å². The molecule has 0 spiro atoms. The van der Waals surface area contributed by atoms with Crippen LogP contribution in [0.25, 0.3) is 11.0 Å². The SMILES string of the molecule is CNC(c1cc2cccc(Cl)c2o1)c1cnc(C)s1. The molecule has 0 fully saturated rings. The summed E-state index contributed by atoms with van der Waals surface area (Å²) in [5.74, 6) is 0.856. The van der Waals surface area contributed by atoms with E-state index in [0.717, 1.165) is 26.6 Å². The van der Waals surface area contributed by atoms with E-state index in [9.17, 15) is 0 Å². The van der Waals surface area contributed by atoms with Gasteiger partial charge in [0, 0.05) is 16.5 Å². The van der Waals surface area contributed by atoms with E-state index in [1.54, 1.807) is 11.3 Å². The Hall–Kier alpha value is -1.36. The van der Waals surface area contributed by atoms with E-state index in [2.05, 4.69) is 10.3 Å². The average Bonchev–Trinajstić information content (AvgIpc) is 2.98. The Morgan fingerprint density at radius 2 is 2.26 bits per heavy atom. The van der Waals surface area contributed by atoms with Gasteiger partial charge in [0.1, 0.15) is 11.8 Å². The second-order valence-corrected chi connectivity index (χ2v) is 5.98. The standard InChI is InChI=1S/C14H13ClN2OS/c1-8-17-7-12(19-8)13(16-2)11-6-9-4-3-5-10(15)14(9)18-11/h3-7,13,16H,1-2H3. The van der Waals surface area contributed by atoms with Gasteiger partial charge in [0.05, 0.1) is 10.0 Å². The highest BCUT2D eigenvalue weighted by atomic mass is 35.5. The average molecular weight is 293 g/mol. The first-order chi connectivity index (χ1) is 9.19. The number of hydrogen-bond acceptors (Lipinski definition) is 4.